The molecule has 0 radical (unpaired) electrons. The van der Waals surface area contributed by atoms with Gasteiger partial charge in [-0.25, -0.2) is 4.99 Å². The van der Waals surface area contributed by atoms with Crippen LogP contribution in [0.2, 0.25) is 20.1 Å². The lowest BCUT2D eigenvalue weighted by atomic mass is 10.1. The van der Waals surface area contributed by atoms with Gasteiger partial charge in [0.15, 0.2) is 16.7 Å². The van der Waals surface area contributed by atoms with Crippen molar-refractivity contribution in [1.29, 1.82) is 0 Å². The fourth-order valence-electron chi connectivity index (χ4n) is 3.02. The molecular formula is C24H16Cl4N2O3S. The van der Waals surface area contributed by atoms with E-state index in [1.54, 1.807) is 60.7 Å². The number of rotatable bonds is 6. The Hall–Kier alpha value is -2.35. The van der Waals surface area contributed by atoms with Gasteiger partial charge in [-0.05, 0) is 71.9 Å². The number of methoxy groups -OCH3 is 1. The van der Waals surface area contributed by atoms with Gasteiger partial charge in [-0.3, -0.25) is 4.79 Å². The van der Waals surface area contributed by atoms with Crippen LogP contribution < -0.4 is 14.8 Å². The number of ether oxygens (including phenoxy) is 2. The van der Waals surface area contributed by atoms with Gasteiger partial charge in [-0.1, -0.05) is 52.5 Å². The molecule has 0 unspecified atom stereocenters. The fraction of sp³-hybridized carbons (Fsp3) is 0.0833. The van der Waals surface area contributed by atoms with E-state index in [9.17, 15) is 4.79 Å². The lowest BCUT2D eigenvalue weighted by Crippen LogP contribution is -2.19. The molecule has 3 aromatic carbocycles. The molecule has 5 nitrogen and oxygen atoms in total. The topological polar surface area (TPSA) is 59.9 Å². The van der Waals surface area contributed by atoms with E-state index in [1.165, 1.54) is 18.9 Å². The van der Waals surface area contributed by atoms with Crippen LogP contribution in [-0.2, 0) is 11.4 Å². The van der Waals surface area contributed by atoms with Gasteiger partial charge in [-0.15, -0.1) is 0 Å². The zero-order valence-electron chi connectivity index (χ0n) is 17.6. The lowest BCUT2D eigenvalue weighted by Gasteiger charge is -2.14. The summed E-state index contributed by atoms with van der Waals surface area (Å²) in [6.45, 7) is 0.176. The predicted octanol–water partition coefficient (Wildman–Crippen LogP) is 7.78. The number of carbonyl (C=O) groups is 1. The molecule has 0 aliphatic carbocycles. The Bertz CT molecular complexity index is 1310. The van der Waals surface area contributed by atoms with E-state index in [0.29, 0.717) is 52.9 Å². The third-order valence-corrected chi connectivity index (χ3v) is 6.67. The molecule has 34 heavy (non-hydrogen) atoms. The number of thioether (sulfide) groups is 1. The number of amidine groups is 1. The van der Waals surface area contributed by atoms with Crippen molar-refractivity contribution in [3.05, 3.63) is 90.7 Å². The number of amides is 1. The minimum Gasteiger partial charge on any atom is -0.493 e. The number of nitrogens with zero attached hydrogens (tertiary/aromatic N) is 1. The molecule has 4 rings (SSSR count). The van der Waals surface area contributed by atoms with Gasteiger partial charge in [0.05, 0.1) is 22.7 Å². The van der Waals surface area contributed by atoms with Crippen LogP contribution in [0.5, 0.6) is 11.5 Å². The zero-order valence-corrected chi connectivity index (χ0v) is 21.4. The van der Waals surface area contributed by atoms with Crippen LogP contribution in [0.4, 0.5) is 5.69 Å². The van der Waals surface area contributed by atoms with E-state index in [0.717, 1.165) is 5.56 Å². The normalized spacial score (nSPS) is 15.6. The van der Waals surface area contributed by atoms with E-state index in [4.69, 9.17) is 55.9 Å². The van der Waals surface area contributed by atoms with Gasteiger partial charge in [0.2, 0.25) is 0 Å². The largest absolute Gasteiger partial charge is 0.493 e. The summed E-state index contributed by atoms with van der Waals surface area (Å²) in [5.41, 5.74) is 2.10. The van der Waals surface area contributed by atoms with Crippen molar-refractivity contribution < 1.29 is 14.3 Å². The van der Waals surface area contributed by atoms with Gasteiger partial charge in [0.25, 0.3) is 5.91 Å². The number of benzene rings is 3. The average Bonchev–Trinajstić information content (AvgIpc) is 3.13. The fourth-order valence-corrected chi connectivity index (χ4v) is 4.72. The van der Waals surface area contributed by atoms with E-state index in [-0.39, 0.29) is 12.5 Å². The molecule has 1 fully saturated rings. The molecule has 1 saturated heterocycles. The van der Waals surface area contributed by atoms with E-state index < -0.39 is 0 Å². The van der Waals surface area contributed by atoms with E-state index in [1.807, 2.05) is 0 Å². The van der Waals surface area contributed by atoms with Crippen molar-refractivity contribution in [2.75, 3.05) is 7.11 Å². The first-order chi connectivity index (χ1) is 16.3. The maximum atomic E-state index is 12.4. The van der Waals surface area contributed by atoms with Crippen molar-refractivity contribution in [2.45, 2.75) is 6.61 Å². The van der Waals surface area contributed by atoms with Crippen LogP contribution in [0.1, 0.15) is 11.1 Å². The molecule has 0 spiro atoms. The Morgan fingerprint density at radius 1 is 0.971 bits per heavy atom. The highest BCUT2D eigenvalue weighted by molar-refractivity contribution is 8.18. The van der Waals surface area contributed by atoms with Gasteiger partial charge >= 0.3 is 0 Å². The summed E-state index contributed by atoms with van der Waals surface area (Å²) in [7, 11) is 1.51. The molecular weight excluding hydrogens is 538 g/mol. The zero-order chi connectivity index (χ0) is 24.2. The SMILES string of the molecule is COc1cc(/C=C2\SC(=Nc3ccc(Cl)cc3)NC2=O)cc(Cl)c1OCc1ccc(Cl)cc1Cl. The van der Waals surface area contributed by atoms with Crippen LogP contribution in [0, 0.1) is 0 Å². The number of hydrogen-bond donors (Lipinski definition) is 1. The molecule has 1 amide bonds. The monoisotopic (exact) mass is 552 g/mol. The Balaban J connectivity index is 1.53. The quantitative estimate of drug-likeness (QED) is 0.316. The molecule has 1 aliphatic heterocycles. The summed E-state index contributed by atoms with van der Waals surface area (Å²) in [5.74, 6) is 0.527. The third-order valence-electron chi connectivity index (χ3n) is 4.64. The van der Waals surface area contributed by atoms with Crippen molar-refractivity contribution in [2.24, 2.45) is 4.99 Å². The smallest absolute Gasteiger partial charge is 0.264 e. The minimum atomic E-state index is -0.259. The molecule has 174 valence electrons. The molecule has 0 atom stereocenters. The van der Waals surface area contributed by atoms with Crippen LogP contribution >= 0.6 is 58.2 Å². The van der Waals surface area contributed by atoms with E-state index in [2.05, 4.69) is 10.3 Å². The van der Waals surface area contributed by atoms with Crippen LogP contribution in [-0.4, -0.2) is 18.2 Å². The highest BCUT2D eigenvalue weighted by Crippen LogP contribution is 2.39. The summed E-state index contributed by atoms with van der Waals surface area (Å²) in [6.07, 6.45) is 1.71. The van der Waals surface area contributed by atoms with Crippen LogP contribution in [0.3, 0.4) is 0 Å². The molecule has 10 heteroatoms. The Labute approximate surface area is 220 Å². The van der Waals surface area contributed by atoms with Gasteiger partial charge in [0.1, 0.15) is 6.61 Å². The standard InChI is InChI=1S/C24H16Cl4N2O3S/c1-32-20-9-13(8-19(28)22(20)33-12-14-2-3-16(26)11-18(14)27)10-21-23(31)30-24(34-21)29-17-6-4-15(25)5-7-17/h2-11H,12H2,1H3,(H,29,30,31)/b21-10-. The number of nitrogens with one attached hydrogen (secondary N) is 1. The molecule has 0 aromatic heterocycles. The summed E-state index contributed by atoms with van der Waals surface area (Å²) in [6, 6.07) is 15.6. The number of halogens is 4. The molecule has 3 aromatic rings. The van der Waals surface area contributed by atoms with Gasteiger partial charge in [0, 0.05) is 20.6 Å². The predicted molar refractivity (Wildman–Crippen MR) is 141 cm³/mol. The lowest BCUT2D eigenvalue weighted by molar-refractivity contribution is -0.115. The summed E-state index contributed by atoms with van der Waals surface area (Å²) in [4.78, 5) is 17.3. The average molecular weight is 554 g/mol. The summed E-state index contributed by atoms with van der Waals surface area (Å²) >= 11 is 25.8. The first-order valence-electron chi connectivity index (χ1n) is 9.82. The maximum absolute atomic E-state index is 12.4. The first-order valence-corrected chi connectivity index (χ1v) is 12.1. The van der Waals surface area contributed by atoms with Crippen molar-refractivity contribution >= 4 is 81.0 Å². The Morgan fingerprint density at radius 2 is 1.71 bits per heavy atom. The van der Waals surface area contributed by atoms with Crippen molar-refractivity contribution in [3.63, 3.8) is 0 Å². The second kappa shape index (κ2) is 10.9. The van der Waals surface area contributed by atoms with E-state index >= 15 is 0 Å². The summed E-state index contributed by atoms with van der Waals surface area (Å²) < 4.78 is 11.4. The van der Waals surface area contributed by atoms with Gasteiger partial charge in [-0.2, -0.15) is 0 Å². The van der Waals surface area contributed by atoms with Crippen LogP contribution in [0.25, 0.3) is 6.08 Å². The minimum absolute atomic E-state index is 0.176. The molecule has 1 aliphatic rings. The second-order valence-corrected chi connectivity index (χ2v) is 9.73. The van der Waals surface area contributed by atoms with Crippen molar-refractivity contribution in [1.82, 2.24) is 5.32 Å². The Morgan fingerprint density at radius 3 is 2.41 bits per heavy atom. The number of aliphatic imine (C=N–C) groups is 1. The third kappa shape index (κ3) is 6.01. The molecule has 1 N–H and O–H groups in total. The molecule has 0 bridgehead atoms. The second-order valence-electron chi connectivity index (χ2n) is 7.02. The van der Waals surface area contributed by atoms with Gasteiger partial charge < -0.3 is 14.8 Å². The Kier molecular flexibility index (Phi) is 7.96. The molecule has 1 heterocycles. The van der Waals surface area contributed by atoms with Crippen LogP contribution in [0.15, 0.2) is 64.5 Å². The number of carbonyl (C=O) groups excluding carboxylic acids is 1. The highest BCUT2D eigenvalue weighted by atomic mass is 35.5. The maximum Gasteiger partial charge on any atom is 0.264 e. The first kappa shape index (κ1) is 24.8. The molecule has 0 saturated carbocycles. The number of hydrogen-bond acceptors (Lipinski definition) is 5. The summed E-state index contributed by atoms with van der Waals surface area (Å²) in [5, 5.41) is 5.19. The van der Waals surface area contributed by atoms with Crippen molar-refractivity contribution in [3.8, 4) is 11.5 Å². The highest BCUT2D eigenvalue weighted by Gasteiger charge is 2.24.